The van der Waals surface area contributed by atoms with Crippen LogP contribution in [-0.2, 0) is 19.1 Å². The fourth-order valence-electron chi connectivity index (χ4n) is 5.27. The van der Waals surface area contributed by atoms with Gasteiger partial charge in [-0.1, -0.05) is 53.8 Å². The second kappa shape index (κ2) is 15.5. The van der Waals surface area contributed by atoms with Gasteiger partial charge < -0.3 is 28.4 Å². The van der Waals surface area contributed by atoms with Crippen molar-refractivity contribution in [2.45, 2.75) is 26.8 Å². The summed E-state index contributed by atoms with van der Waals surface area (Å²) in [5.41, 5.74) is 2.23. The normalized spacial score (nSPS) is 14.1. The van der Waals surface area contributed by atoms with E-state index in [0.717, 1.165) is 0 Å². The van der Waals surface area contributed by atoms with Gasteiger partial charge >= 0.3 is 11.9 Å². The van der Waals surface area contributed by atoms with Gasteiger partial charge in [0.15, 0.2) is 34.4 Å². The summed E-state index contributed by atoms with van der Waals surface area (Å²) in [5.74, 6) is 0.622. The third-order valence-electron chi connectivity index (χ3n) is 7.31. The molecule has 0 aliphatic carbocycles. The Labute approximate surface area is 281 Å². The predicted molar refractivity (Wildman–Crippen MR) is 180 cm³/mol. The molecule has 0 radical (unpaired) electrons. The maximum Gasteiger partial charge on any atom is 0.344 e. The SMILES string of the molecule is CCOC(=O)COc1ccc(/C=c2\sc3n(c2=O)[C@@H](c2ccc(OC)c(OC)c2)C(C(=O)OCC)=C(c2ccccc2)N=3)cc1OCC. The number of fused-ring (bicyclic) bond motifs is 1. The molecule has 4 aromatic rings. The van der Waals surface area contributed by atoms with E-state index in [-0.39, 0.29) is 31.0 Å². The molecular formula is C36H36N2O9S. The molecule has 1 aliphatic heterocycles. The molecule has 250 valence electrons. The molecule has 48 heavy (non-hydrogen) atoms. The Morgan fingerprint density at radius 3 is 2.25 bits per heavy atom. The molecule has 1 aromatic heterocycles. The van der Waals surface area contributed by atoms with Crippen molar-refractivity contribution < 1.29 is 38.0 Å². The van der Waals surface area contributed by atoms with Crippen LogP contribution in [0.4, 0.5) is 0 Å². The number of ether oxygens (including phenoxy) is 6. The molecule has 0 saturated carbocycles. The number of nitrogens with zero attached hydrogens (tertiary/aromatic N) is 2. The van der Waals surface area contributed by atoms with Crippen LogP contribution in [0.1, 0.15) is 43.5 Å². The van der Waals surface area contributed by atoms with Crippen LogP contribution in [0.15, 0.2) is 82.1 Å². The van der Waals surface area contributed by atoms with Gasteiger partial charge in [0.2, 0.25) is 0 Å². The van der Waals surface area contributed by atoms with Crippen LogP contribution in [0.5, 0.6) is 23.0 Å². The molecule has 1 aliphatic rings. The zero-order chi connectivity index (χ0) is 34.2. The number of hydrogen-bond acceptors (Lipinski definition) is 11. The maximum absolute atomic E-state index is 14.3. The highest BCUT2D eigenvalue weighted by atomic mass is 32.1. The number of rotatable bonds is 13. The van der Waals surface area contributed by atoms with Crippen molar-refractivity contribution in [3.8, 4) is 23.0 Å². The van der Waals surface area contributed by atoms with Crippen molar-refractivity contribution in [3.63, 3.8) is 0 Å². The first-order valence-electron chi connectivity index (χ1n) is 15.4. The Morgan fingerprint density at radius 1 is 0.833 bits per heavy atom. The minimum atomic E-state index is -0.893. The molecular weight excluding hydrogens is 636 g/mol. The lowest BCUT2D eigenvalue weighted by Gasteiger charge is -2.26. The Morgan fingerprint density at radius 2 is 1.56 bits per heavy atom. The molecule has 12 heteroatoms. The molecule has 0 fully saturated rings. The summed E-state index contributed by atoms with van der Waals surface area (Å²) < 4.78 is 34.9. The number of aromatic nitrogens is 1. The highest BCUT2D eigenvalue weighted by Crippen LogP contribution is 2.38. The summed E-state index contributed by atoms with van der Waals surface area (Å²) in [6.07, 6.45) is 1.73. The third-order valence-corrected chi connectivity index (χ3v) is 8.30. The lowest BCUT2D eigenvalue weighted by Crippen LogP contribution is -2.40. The first-order valence-corrected chi connectivity index (χ1v) is 16.2. The highest BCUT2D eigenvalue weighted by Gasteiger charge is 2.35. The van der Waals surface area contributed by atoms with Gasteiger partial charge in [-0.05, 0) is 62.2 Å². The van der Waals surface area contributed by atoms with Gasteiger partial charge in [-0.15, -0.1) is 0 Å². The molecule has 0 saturated heterocycles. The van der Waals surface area contributed by atoms with Crippen molar-refractivity contribution in [3.05, 3.63) is 109 Å². The van der Waals surface area contributed by atoms with Gasteiger partial charge in [-0.2, -0.15) is 0 Å². The molecule has 0 unspecified atom stereocenters. The van der Waals surface area contributed by atoms with E-state index in [9.17, 15) is 14.4 Å². The molecule has 0 amide bonds. The Hall–Kier alpha value is -5.36. The van der Waals surface area contributed by atoms with E-state index < -0.39 is 18.0 Å². The number of carbonyl (C=O) groups is 2. The Balaban J connectivity index is 1.71. The van der Waals surface area contributed by atoms with Gasteiger partial charge in [-0.3, -0.25) is 9.36 Å². The van der Waals surface area contributed by atoms with Crippen LogP contribution in [-0.4, -0.2) is 57.2 Å². The van der Waals surface area contributed by atoms with Crippen molar-refractivity contribution in [2.24, 2.45) is 4.99 Å². The summed E-state index contributed by atoms with van der Waals surface area (Å²) in [6, 6.07) is 18.8. The fraction of sp³-hybridized carbons (Fsp3) is 0.278. The van der Waals surface area contributed by atoms with Gasteiger partial charge in [0.1, 0.15) is 0 Å². The maximum atomic E-state index is 14.3. The van der Waals surface area contributed by atoms with Crippen LogP contribution in [0.3, 0.4) is 0 Å². The van der Waals surface area contributed by atoms with Gasteiger partial charge in [0, 0.05) is 5.56 Å². The van der Waals surface area contributed by atoms with Gasteiger partial charge in [0.05, 0.1) is 55.9 Å². The summed E-state index contributed by atoms with van der Waals surface area (Å²) in [4.78, 5) is 45.2. The molecule has 2 heterocycles. The zero-order valence-corrected chi connectivity index (χ0v) is 28.1. The zero-order valence-electron chi connectivity index (χ0n) is 27.3. The second-order valence-electron chi connectivity index (χ2n) is 10.3. The first-order chi connectivity index (χ1) is 23.3. The minimum absolute atomic E-state index is 0.134. The summed E-state index contributed by atoms with van der Waals surface area (Å²) >= 11 is 1.19. The van der Waals surface area contributed by atoms with Crippen molar-refractivity contribution >= 4 is 35.0 Å². The molecule has 0 spiro atoms. The van der Waals surface area contributed by atoms with Crippen LogP contribution in [0.25, 0.3) is 11.8 Å². The smallest absolute Gasteiger partial charge is 0.344 e. The summed E-state index contributed by atoms with van der Waals surface area (Å²) in [7, 11) is 3.06. The van der Waals surface area contributed by atoms with E-state index in [4.69, 9.17) is 33.4 Å². The van der Waals surface area contributed by atoms with Gasteiger partial charge in [0.25, 0.3) is 5.56 Å². The Bertz CT molecular complexity index is 2010. The lowest BCUT2D eigenvalue weighted by molar-refractivity contribution is -0.145. The van der Waals surface area contributed by atoms with E-state index in [1.165, 1.54) is 30.1 Å². The average molecular weight is 673 g/mol. The van der Waals surface area contributed by atoms with Crippen LogP contribution < -0.4 is 33.8 Å². The number of hydrogen-bond donors (Lipinski definition) is 0. The highest BCUT2D eigenvalue weighted by molar-refractivity contribution is 7.07. The molecule has 0 N–H and O–H groups in total. The third kappa shape index (κ3) is 7.13. The predicted octanol–water partition coefficient (Wildman–Crippen LogP) is 4.29. The van der Waals surface area contributed by atoms with Crippen molar-refractivity contribution in [1.82, 2.24) is 4.57 Å². The number of benzene rings is 3. The topological polar surface area (TPSA) is 124 Å². The first kappa shape index (κ1) is 34.0. The van der Waals surface area contributed by atoms with Gasteiger partial charge in [-0.25, -0.2) is 14.6 Å². The number of methoxy groups -OCH3 is 2. The molecule has 3 aromatic carbocycles. The molecule has 5 rings (SSSR count). The second-order valence-corrected chi connectivity index (χ2v) is 11.3. The van der Waals surface area contributed by atoms with E-state index in [1.807, 2.05) is 37.3 Å². The number of thiazole rings is 1. The quantitative estimate of drug-likeness (QED) is 0.191. The van der Waals surface area contributed by atoms with Crippen LogP contribution in [0, 0.1) is 0 Å². The number of esters is 2. The van der Waals surface area contributed by atoms with E-state index in [1.54, 1.807) is 56.3 Å². The Kier molecular flexibility index (Phi) is 11.0. The average Bonchev–Trinajstić information content (AvgIpc) is 3.41. The largest absolute Gasteiger partial charge is 0.493 e. The van der Waals surface area contributed by atoms with Crippen LogP contribution >= 0.6 is 11.3 Å². The monoisotopic (exact) mass is 672 g/mol. The van der Waals surface area contributed by atoms with E-state index in [2.05, 4.69) is 0 Å². The van der Waals surface area contributed by atoms with Crippen molar-refractivity contribution in [1.29, 1.82) is 0 Å². The van der Waals surface area contributed by atoms with E-state index in [0.29, 0.717) is 61.3 Å². The fourth-order valence-corrected chi connectivity index (χ4v) is 6.27. The molecule has 0 bridgehead atoms. The molecule has 11 nitrogen and oxygen atoms in total. The van der Waals surface area contributed by atoms with E-state index >= 15 is 0 Å². The molecule has 1 atom stereocenters. The number of carbonyl (C=O) groups excluding carboxylic acids is 2. The van der Waals surface area contributed by atoms with Crippen molar-refractivity contribution in [2.75, 3.05) is 40.6 Å². The standard InChI is InChI=1S/C36H36N2O9S/c1-6-44-28-18-22(14-16-26(28)47-21-30(39)45-7-2)19-29-34(40)38-33(24-15-17-25(42-4)27(20-24)43-5)31(35(41)46-8-3)32(37-36(38)48-29)23-12-10-9-11-13-23/h9-20,33H,6-8,21H2,1-5H3/b29-19-/t33-/m0/s1. The lowest BCUT2D eigenvalue weighted by atomic mass is 9.93. The summed E-state index contributed by atoms with van der Waals surface area (Å²) in [6.45, 7) is 5.75. The van der Waals surface area contributed by atoms with Crippen LogP contribution in [0.2, 0.25) is 0 Å². The minimum Gasteiger partial charge on any atom is -0.493 e. The summed E-state index contributed by atoms with van der Waals surface area (Å²) in [5, 5.41) is 0.